The molecule has 0 radical (unpaired) electrons. The molecule has 0 bridgehead atoms. The fourth-order valence-corrected chi connectivity index (χ4v) is 4.56. The first-order valence-electron chi connectivity index (χ1n) is 10.5. The highest BCUT2D eigenvalue weighted by molar-refractivity contribution is 6.74. The summed E-state index contributed by atoms with van der Waals surface area (Å²) in [5.74, 6) is -0.519. The SMILES string of the molecule is COc1cc(C[C@@]2(O)[C@@H](CO[Si](C)(C)C(C)(C)C)O[C@@H]3OC(C)(C)O[C@@H]32)nc(OC)n1. The standard InChI is InChI=1S/C21H36N2O7Si/c1-19(2,3)31(8,9)27-12-14-21(24,16-17(28-14)30-20(4,5)29-16)11-13-10-15(25-6)23-18(22-13)26-7/h10,14,16-17,24H,11-12H2,1-9H3/t14-,16+,17-,21-/m1/s1. The summed E-state index contributed by atoms with van der Waals surface area (Å²) in [5.41, 5.74) is -0.883. The number of aromatic nitrogens is 2. The van der Waals surface area contributed by atoms with E-state index in [1.807, 2.05) is 0 Å². The molecule has 0 spiro atoms. The fraction of sp³-hybridized carbons (Fsp3) is 0.810. The predicted molar refractivity (Wildman–Crippen MR) is 116 cm³/mol. The lowest BCUT2D eigenvalue weighted by Gasteiger charge is -2.39. The Morgan fingerprint density at radius 1 is 1.13 bits per heavy atom. The van der Waals surface area contributed by atoms with Gasteiger partial charge in [-0.25, -0.2) is 0 Å². The van der Waals surface area contributed by atoms with Crippen molar-refractivity contribution in [1.29, 1.82) is 0 Å². The second-order valence-corrected chi connectivity index (χ2v) is 15.0. The number of hydrogen-bond acceptors (Lipinski definition) is 9. The van der Waals surface area contributed by atoms with Crippen molar-refractivity contribution in [2.75, 3.05) is 20.8 Å². The first-order chi connectivity index (χ1) is 14.2. The van der Waals surface area contributed by atoms with Gasteiger partial charge in [-0.05, 0) is 32.0 Å². The number of ether oxygens (including phenoxy) is 5. The van der Waals surface area contributed by atoms with E-state index in [1.165, 1.54) is 14.2 Å². The fourth-order valence-electron chi connectivity index (χ4n) is 3.55. The van der Waals surface area contributed by atoms with Gasteiger partial charge in [0.25, 0.3) is 0 Å². The van der Waals surface area contributed by atoms with Crippen LogP contribution in [0, 0.1) is 0 Å². The van der Waals surface area contributed by atoms with Crippen molar-refractivity contribution in [3.63, 3.8) is 0 Å². The summed E-state index contributed by atoms with van der Waals surface area (Å²) in [7, 11) is 0.936. The van der Waals surface area contributed by atoms with Crippen LogP contribution in [-0.2, 0) is 25.1 Å². The minimum Gasteiger partial charge on any atom is -0.481 e. The van der Waals surface area contributed by atoms with Crippen molar-refractivity contribution in [2.24, 2.45) is 0 Å². The molecule has 2 aliphatic rings. The van der Waals surface area contributed by atoms with Crippen LogP contribution < -0.4 is 9.47 Å². The number of hydrogen-bond donors (Lipinski definition) is 1. The lowest BCUT2D eigenvalue weighted by atomic mass is 9.87. The lowest BCUT2D eigenvalue weighted by molar-refractivity contribution is -0.232. The molecule has 1 aromatic heterocycles. The van der Waals surface area contributed by atoms with Gasteiger partial charge in [0, 0.05) is 12.5 Å². The number of aliphatic hydroxyl groups is 1. The third-order valence-electron chi connectivity index (χ3n) is 6.40. The molecule has 31 heavy (non-hydrogen) atoms. The molecular formula is C21H36N2O7Si. The zero-order valence-corrected chi connectivity index (χ0v) is 21.0. The van der Waals surface area contributed by atoms with Gasteiger partial charge in [-0.1, -0.05) is 20.8 Å². The molecule has 2 aliphatic heterocycles. The van der Waals surface area contributed by atoms with Crippen LogP contribution in [-0.4, -0.2) is 74.1 Å². The van der Waals surface area contributed by atoms with E-state index in [1.54, 1.807) is 19.9 Å². The summed E-state index contributed by atoms with van der Waals surface area (Å²) in [5, 5.41) is 11.9. The summed E-state index contributed by atoms with van der Waals surface area (Å²) >= 11 is 0. The van der Waals surface area contributed by atoms with Crippen LogP contribution in [0.2, 0.25) is 18.1 Å². The van der Waals surface area contributed by atoms with Crippen LogP contribution in [0.15, 0.2) is 6.07 Å². The summed E-state index contributed by atoms with van der Waals surface area (Å²) in [6, 6.07) is 1.83. The number of nitrogens with zero attached hydrogens (tertiary/aromatic N) is 2. The van der Waals surface area contributed by atoms with Gasteiger partial charge in [0.2, 0.25) is 5.88 Å². The Kier molecular flexibility index (Phi) is 6.47. The molecule has 2 fully saturated rings. The highest BCUT2D eigenvalue weighted by atomic mass is 28.4. The quantitative estimate of drug-likeness (QED) is 0.620. The summed E-state index contributed by atoms with van der Waals surface area (Å²) in [4.78, 5) is 8.51. The van der Waals surface area contributed by atoms with Crippen molar-refractivity contribution in [2.45, 2.75) is 89.1 Å². The molecule has 0 saturated carbocycles. The molecule has 1 aromatic rings. The Balaban J connectivity index is 1.89. The summed E-state index contributed by atoms with van der Waals surface area (Å²) < 4.78 is 34.9. The highest BCUT2D eigenvalue weighted by Gasteiger charge is 2.63. The van der Waals surface area contributed by atoms with Crippen molar-refractivity contribution in [3.8, 4) is 11.9 Å². The average Bonchev–Trinajstić information content (AvgIpc) is 3.09. The molecule has 0 aromatic carbocycles. The van der Waals surface area contributed by atoms with Gasteiger partial charge in [0.1, 0.15) is 17.8 Å². The largest absolute Gasteiger partial charge is 0.481 e. The zero-order chi connectivity index (χ0) is 23.2. The van der Waals surface area contributed by atoms with E-state index in [4.69, 9.17) is 28.1 Å². The Morgan fingerprint density at radius 2 is 1.81 bits per heavy atom. The molecule has 3 rings (SSSR count). The van der Waals surface area contributed by atoms with Gasteiger partial charge in [0.15, 0.2) is 20.4 Å². The van der Waals surface area contributed by atoms with Gasteiger partial charge in [-0.2, -0.15) is 9.97 Å². The third-order valence-corrected chi connectivity index (χ3v) is 10.9. The van der Waals surface area contributed by atoms with E-state index < -0.39 is 38.2 Å². The predicted octanol–water partition coefficient (Wildman–Crippen LogP) is 2.67. The van der Waals surface area contributed by atoms with Crippen LogP contribution in [0.25, 0.3) is 0 Å². The first-order valence-corrected chi connectivity index (χ1v) is 13.4. The Morgan fingerprint density at radius 3 is 2.39 bits per heavy atom. The average molecular weight is 457 g/mol. The van der Waals surface area contributed by atoms with Crippen molar-refractivity contribution in [3.05, 3.63) is 11.8 Å². The Hall–Kier alpha value is -1.30. The van der Waals surface area contributed by atoms with E-state index in [0.717, 1.165) is 0 Å². The number of methoxy groups -OCH3 is 2. The van der Waals surface area contributed by atoms with Gasteiger partial charge < -0.3 is 33.2 Å². The van der Waals surface area contributed by atoms with Crippen LogP contribution in [0.3, 0.4) is 0 Å². The second-order valence-electron chi connectivity index (χ2n) is 10.2. The monoisotopic (exact) mass is 456 g/mol. The molecule has 4 atom stereocenters. The van der Waals surface area contributed by atoms with Crippen molar-refractivity contribution < 1.29 is 33.2 Å². The van der Waals surface area contributed by atoms with E-state index in [-0.39, 0.29) is 24.1 Å². The molecule has 0 amide bonds. The van der Waals surface area contributed by atoms with Crippen LogP contribution in [0.4, 0.5) is 0 Å². The molecule has 2 saturated heterocycles. The number of fused-ring (bicyclic) bond motifs is 1. The second kappa shape index (κ2) is 8.24. The summed E-state index contributed by atoms with van der Waals surface area (Å²) in [6.45, 7) is 14.7. The van der Waals surface area contributed by atoms with E-state index in [0.29, 0.717) is 11.6 Å². The van der Waals surface area contributed by atoms with Crippen LogP contribution in [0.5, 0.6) is 11.9 Å². The Bertz CT molecular complexity index is 776. The molecule has 0 unspecified atom stereocenters. The van der Waals surface area contributed by atoms with Gasteiger partial charge in [0.05, 0.1) is 26.5 Å². The van der Waals surface area contributed by atoms with E-state index >= 15 is 0 Å². The normalized spacial score (nSPS) is 30.3. The number of rotatable bonds is 7. The lowest BCUT2D eigenvalue weighted by Crippen LogP contribution is -2.54. The van der Waals surface area contributed by atoms with Gasteiger partial charge in [-0.3, -0.25) is 0 Å². The molecule has 9 nitrogen and oxygen atoms in total. The van der Waals surface area contributed by atoms with Crippen LogP contribution >= 0.6 is 0 Å². The third kappa shape index (κ3) is 4.89. The van der Waals surface area contributed by atoms with Crippen molar-refractivity contribution in [1.82, 2.24) is 9.97 Å². The molecular weight excluding hydrogens is 420 g/mol. The topological polar surface area (TPSA) is 101 Å². The smallest absolute Gasteiger partial charge is 0.319 e. The van der Waals surface area contributed by atoms with Crippen LogP contribution in [0.1, 0.15) is 40.3 Å². The van der Waals surface area contributed by atoms with E-state index in [9.17, 15) is 5.11 Å². The molecule has 176 valence electrons. The first kappa shape index (κ1) is 24.3. The summed E-state index contributed by atoms with van der Waals surface area (Å²) in [6.07, 6.45) is -1.91. The molecule has 0 aliphatic carbocycles. The maximum absolute atomic E-state index is 11.9. The van der Waals surface area contributed by atoms with Gasteiger partial charge >= 0.3 is 6.01 Å². The maximum Gasteiger partial charge on any atom is 0.319 e. The van der Waals surface area contributed by atoms with E-state index in [2.05, 4.69) is 43.8 Å². The minimum absolute atomic E-state index is 0.0297. The molecule has 10 heteroatoms. The highest BCUT2D eigenvalue weighted by Crippen LogP contribution is 2.45. The van der Waals surface area contributed by atoms with Crippen molar-refractivity contribution >= 4 is 8.32 Å². The van der Waals surface area contributed by atoms with Gasteiger partial charge in [-0.15, -0.1) is 0 Å². The molecule has 1 N–H and O–H groups in total. The Labute approximate surface area is 185 Å². The zero-order valence-electron chi connectivity index (χ0n) is 20.0. The minimum atomic E-state index is -2.06. The maximum atomic E-state index is 11.9. The molecule has 3 heterocycles.